The highest BCUT2D eigenvalue weighted by molar-refractivity contribution is 7.99. The molecule has 0 fully saturated rings. The zero-order valence-corrected chi connectivity index (χ0v) is 21.4. The highest BCUT2D eigenvalue weighted by Gasteiger charge is 2.08. The first kappa shape index (κ1) is 25.8. The lowest BCUT2D eigenvalue weighted by Crippen LogP contribution is -1.90. The second-order valence-corrected chi connectivity index (χ2v) is 10.2. The fraction of sp³-hybridized carbons (Fsp3) is 0.0833. The van der Waals surface area contributed by atoms with Crippen LogP contribution in [-0.4, -0.2) is 14.9 Å². The molecule has 34 heavy (non-hydrogen) atoms. The van der Waals surface area contributed by atoms with Crippen LogP contribution in [0.15, 0.2) is 92.6 Å². The minimum absolute atomic E-state index is 0.147. The summed E-state index contributed by atoms with van der Waals surface area (Å²) < 4.78 is 0. The molecule has 0 amide bonds. The number of nitrogens with zero attached hydrogens (tertiary/aromatic N) is 3. The largest absolute Gasteiger partial charge is 0.384 e. The van der Waals surface area contributed by atoms with Gasteiger partial charge in [0.25, 0.3) is 0 Å². The van der Waals surface area contributed by atoms with Crippen LogP contribution in [0, 0.1) is 24.0 Å². The molecule has 0 spiro atoms. The van der Waals surface area contributed by atoms with Gasteiger partial charge >= 0.3 is 5.82 Å². The van der Waals surface area contributed by atoms with Crippen LogP contribution in [0.5, 0.6) is 0 Å². The first-order chi connectivity index (χ1) is 16.2. The summed E-state index contributed by atoms with van der Waals surface area (Å²) in [5.41, 5.74) is 7.60. The number of aryl methyl sites for hydroxylation is 2. The smallest absolute Gasteiger partial charge is 0.363 e. The van der Waals surface area contributed by atoms with Gasteiger partial charge in [-0.1, -0.05) is 46.7 Å². The summed E-state index contributed by atoms with van der Waals surface area (Å²) >= 11 is 15.0. The van der Waals surface area contributed by atoms with Crippen molar-refractivity contribution in [3.63, 3.8) is 0 Å². The number of rotatable bonds is 5. The Labute approximate surface area is 216 Å². The normalized spacial score (nSPS) is 10.4. The Morgan fingerprint density at radius 1 is 0.765 bits per heavy atom. The van der Waals surface area contributed by atoms with Crippen molar-refractivity contribution in [3.05, 3.63) is 104 Å². The molecular formula is C24H20Cl2N4O2S2. The molecule has 0 saturated carbocycles. The zero-order chi connectivity index (χ0) is 24.7. The SMILES string of the molecule is Cc1cc(Sc2ccc(N)nc2)ccc1Cl.Cc1cc(Sc2ccc([N+](=O)[O-])nc2)ccc1Cl. The third kappa shape index (κ3) is 7.63. The average molecular weight is 531 g/mol. The summed E-state index contributed by atoms with van der Waals surface area (Å²) in [6.07, 6.45) is 3.26. The van der Waals surface area contributed by atoms with Gasteiger partial charge in [0.15, 0.2) is 6.20 Å². The van der Waals surface area contributed by atoms with Crippen molar-refractivity contribution < 1.29 is 4.92 Å². The Bertz CT molecular complexity index is 1290. The van der Waals surface area contributed by atoms with E-state index in [9.17, 15) is 10.1 Å². The Morgan fingerprint density at radius 2 is 1.24 bits per heavy atom. The van der Waals surface area contributed by atoms with Gasteiger partial charge in [-0.3, -0.25) is 0 Å². The number of anilines is 1. The number of nitrogens with two attached hydrogens (primary N) is 1. The molecule has 4 rings (SSSR count). The van der Waals surface area contributed by atoms with Crippen LogP contribution in [0.1, 0.15) is 11.1 Å². The van der Waals surface area contributed by atoms with E-state index in [1.807, 2.05) is 50.2 Å². The van der Waals surface area contributed by atoms with Crippen LogP contribution >= 0.6 is 46.7 Å². The fourth-order valence-electron chi connectivity index (χ4n) is 2.63. The number of hydrogen-bond acceptors (Lipinski definition) is 7. The van der Waals surface area contributed by atoms with E-state index in [0.717, 1.165) is 40.8 Å². The lowest BCUT2D eigenvalue weighted by molar-refractivity contribution is -0.389. The molecular weight excluding hydrogens is 511 g/mol. The minimum atomic E-state index is -0.513. The van der Waals surface area contributed by atoms with E-state index < -0.39 is 4.92 Å². The van der Waals surface area contributed by atoms with Gasteiger partial charge in [-0.05, 0) is 89.5 Å². The highest BCUT2D eigenvalue weighted by Crippen LogP contribution is 2.31. The lowest BCUT2D eigenvalue weighted by atomic mass is 10.2. The molecule has 2 heterocycles. The first-order valence-electron chi connectivity index (χ1n) is 9.91. The van der Waals surface area contributed by atoms with Gasteiger partial charge in [-0.15, -0.1) is 0 Å². The van der Waals surface area contributed by atoms with Crippen molar-refractivity contribution in [2.45, 2.75) is 33.4 Å². The van der Waals surface area contributed by atoms with Crippen LogP contribution in [0.4, 0.5) is 11.6 Å². The Morgan fingerprint density at radius 3 is 1.62 bits per heavy atom. The molecule has 0 aliphatic rings. The summed E-state index contributed by atoms with van der Waals surface area (Å²) in [5.74, 6) is 0.392. The van der Waals surface area contributed by atoms with E-state index in [0.29, 0.717) is 5.82 Å². The third-order valence-corrected chi connectivity index (χ3v) is 7.18. The van der Waals surface area contributed by atoms with Crippen LogP contribution in [-0.2, 0) is 0 Å². The van der Waals surface area contributed by atoms with Gasteiger partial charge in [-0.25, -0.2) is 4.98 Å². The van der Waals surface area contributed by atoms with Crippen molar-refractivity contribution >= 4 is 58.4 Å². The average Bonchev–Trinajstić information content (AvgIpc) is 2.81. The van der Waals surface area contributed by atoms with E-state index >= 15 is 0 Å². The predicted octanol–water partition coefficient (Wildman–Crippen LogP) is 7.88. The summed E-state index contributed by atoms with van der Waals surface area (Å²) in [7, 11) is 0. The van der Waals surface area contributed by atoms with Crippen LogP contribution in [0.25, 0.3) is 0 Å². The minimum Gasteiger partial charge on any atom is -0.384 e. The molecule has 0 bridgehead atoms. The van der Waals surface area contributed by atoms with Crippen molar-refractivity contribution in [1.82, 2.24) is 9.97 Å². The monoisotopic (exact) mass is 530 g/mol. The van der Waals surface area contributed by atoms with E-state index in [-0.39, 0.29) is 5.82 Å². The number of hydrogen-bond donors (Lipinski definition) is 1. The van der Waals surface area contributed by atoms with E-state index in [2.05, 4.69) is 16.0 Å². The first-order valence-corrected chi connectivity index (χ1v) is 12.3. The van der Waals surface area contributed by atoms with Crippen molar-refractivity contribution in [2.75, 3.05) is 5.73 Å². The molecule has 2 aromatic heterocycles. The highest BCUT2D eigenvalue weighted by atomic mass is 35.5. The molecule has 2 aromatic carbocycles. The van der Waals surface area contributed by atoms with Gasteiger partial charge in [0.2, 0.25) is 0 Å². The van der Waals surface area contributed by atoms with Gasteiger partial charge in [0, 0.05) is 37.0 Å². The summed E-state index contributed by atoms with van der Waals surface area (Å²) in [6.45, 7) is 3.92. The van der Waals surface area contributed by atoms with Crippen LogP contribution in [0.3, 0.4) is 0 Å². The number of pyridine rings is 2. The number of nitro groups is 1. The number of nitrogen functional groups attached to an aromatic ring is 1. The maximum absolute atomic E-state index is 10.5. The molecule has 0 saturated heterocycles. The molecule has 0 unspecified atom stereocenters. The Hall–Kier alpha value is -2.78. The predicted molar refractivity (Wildman–Crippen MR) is 140 cm³/mol. The third-order valence-electron chi connectivity index (χ3n) is 4.40. The van der Waals surface area contributed by atoms with Crippen molar-refractivity contribution in [3.8, 4) is 0 Å². The van der Waals surface area contributed by atoms with Gasteiger partial charge in [-0.2, -0.15) is 0 Å². The maximum atomic E-state index is 10.5. The Balaban J connectivity index is 0.000000192. The van der Waals surface area contributed by atoms with Crippen molar-refractivity contribution in [1.29, 1.82) is 0 Å². The van der Waals surface area contributed by atoms with E-state index in [4.69, 9.17) is 28.9 Å². The van der Waals surface area contributed by atoms with E-state index in [1.165, 1.54) is 24.0 Å². The fourth-order valence-corrected chi connectivity index (χ4v) is 4.63. The van der Waals surface area contributed by atoms with Gasteiger partial charge in [0.1, 0.15) is 5.82 Å². The number of aromatic nitrogens is 2. The van der Waals surface area contributed by atoms with Crippen molar-refractivity contribution in [2.24, 2.45) is 0 Å². The molecule has 4 aromatic rings. The molecule has 174 valence electrons. The van der Waals surface area contributed by atoms with Crippen LogP contribution in [0.2, 0.25) is 10.0 Å². The molecule has 10 heteroatoms. The zero-order valence-electron chi connectivity index (χ0n) is 18.2. The molecule has 0 radical (unpaired) electrons. The van der Waals surface area contributed by atoms with Crippen LogP contribution < -0.4 is 5.73 Å². The maximum Gasteiger partial charge on any atom is 0.363 e. The molecule has 0 aliphatic carbocycles. The van der Waals surface area contributed by atoms with Gasteiger partial charge in [0.05, 0.1) is 4.90 Å². The molecule has 6 nitrogen and oxygen atoms in total. The standard InChI is InChI=1S/C12H9ClN2O2S.C12H11ClN2S/c1-8-6-9(2-4-11(8)13)18-10-3-5-12(14-7-10)15(16)17;1-8-6-9(2-4-11(8)13)16-10-3-5-12(14)15-7-10/h2-7H,1H3;2-7H,1H3,(H2,14,15). The summed E-state index contributed by atoms with van der Waals surface area (Å²) in [5, 5.41) is 12.0. The number of halogens is 2. The topological polar surface area (TPSA) is 94.9 Å². The molecule has 0 aliphatic heterocycles. The molecule has 0 atom stereocenters. The summed E-state index contributed by atoms with van der Waals surface area (Å²) in [6, 6.07) is 18.5. The second-order valence-electron chi connectivity index (χ2n) is 7.05. The Kier molecular flexibility index (Phi) is 9.18. The van der Waals surface area contributed by atoms with Gasteiger partial charge < -0.3 is 15.8 Å². The molecule has 2 N–H and O–H groups in total. The number of benzene rings is 2. The second kappa shape index (κ2) is 12.1. The summed E-state index contributed by atoms with van der Waals surface area (Å²) in [4.78, 5) is 21.9. The lowest BCUT2D eigenvalue weighted by Gasteiger charge is -2.04. The quantitative estimate of drug-likeness (QED) is 0.207. The van der Waals surface area contributed by atoms with E-state index in [1.54, 1.807) is 30.1 Å².